The molecule has 0 aliphatic heterocycles. The third-order valence-electron chi connectivity index (χ3n) is 2.97. The molecule has 2 aromatic rings. The number of aliphatic carboxylic acids is 1. The van der Waals surface area contributed by atoms with Crippen molar-refractivity contribution in [2.45, 2.75) is 12.3 Å². The summed E-state index contributed by atoms with van der Waals surface area (Å²) in [6.45, 7) is 0. The molecule has 1 aliphatic rings. The van der Waals surface area contributed by atoms with Crippen LogP contribution in [0.1, 0.15) is 18.2 Å². The predicted octanol–water partition coefficient (Wildman–Crippen LogP) is 2.58. The van der Waals surface area contributed by atoms with E-state index in [0.717, 1.165) is 5.56 Å². The third-order valence-corrected chi connectivity index (χ3v) is 3.22. The number of halogens is 1. The van der Waals surface area contributed by atoms with Gasteiger partial charge in [0.1, 0.15) is 0 Å². The number of aromatic nitrogens is 2. The maximum absolute atomic E-state index is 10.8. The van der Waals surface area contributed by atoms with Crippen LogP contribution in [0, 0.1) is 5.92 Å². The minimum Gasteiger partial charge on any atom is -0.481 e. The molecule has 0 radical (unpaired) electrons. The van der Waals surface area contributed by atoms with Crippen LogP contribution < -0.4 is 0 Å². The molecule has 2 unspecified atom stereocenters. The van der Waals surface area contributed by atoms with Gasteiger partial charge in [0.15, 0.2) is 0 Å². The fourth-order valence-corrected chi connectivity index (χ4v) is 1.97. The number of rotatable bonds is 3. The van der Waals surface area contributed by atoms with Crippen molar-refractivity contribution in [1.82, 2.24) is 10.1 Å². The summed E-state index contributed by atoms with van der Waals surface area (Å²) in [7, 11) is 0. The summed E-state index contributed by atoms with van der Waals surface area (Å²) < 4.78 is 5.10. The van der Waals surface area contributed by atoms with Gasteiger partial charge in [-0.25, -0.2) is 0 Å². The van der Waals surface area contributed by atoms with Gasteiger partial charge < -0.3 is 9.63 Å². The van der Waals surface area contributed by atoms with E-state index in [4.69, 9.17) is 21.2 Å². The lowest BCUT2D eigenvalue weighted by Crippen LogP contribution is -1.98. The average Bonchev–Trinajstić information content (AvgIpc) is 3.02. The Morgan fingerprint density at radius 3 is 2.72 bits per heavy atom. The highest BCUT2D eigenvalue weighted by Gasteiger charge is 2.48. The van der Waals surface area contributed by atoms with E-state index in [0.29, 0.717) is 23.2 Å². The van der Waals surface area contributed by atoms with Crippen LogP contribution in [0.25, 0.3) is 11.4 Å². The molecule has 1 aliphatic carbocycles. The Kier molecular flexibility index (Phi) is 2.56. The highest BCUT2D eigenvalue weighted by Crippen LogP contribution is 2.47. The Morgan fingerprint density at radius 2 is 2.11 bits per heavy atom. The molecule has 1 aromatic heterocycles. The molecule has 0 bridgehead atoms. The van der Waals surface area contributed by atoms with Gasteiger partial charge in [0, 0.05) is 10.6 Å². The maximum Gasteiger partial charge on any atom is 0.307 e. The molecule has 1 heterocycles. The molecule has 5 nitrogen and oxygen atoms in total. The summed E-state index contributed by atoms with van der Waals surface area (Å²) in [5.41, 5.74) is 0.793. The Labute approximate surface area is 107 Å². The van der Waals surface area contributed by atoms with Gasteiger partial charge in [-0.15, -0.1) is 0 Å². The number of carboxylic acid groups (broad SMARTS) is 1. The second kappa shape index (κ2) is 4.10. The van der Waals surface area contributed by atoms with Crippen LogP contribution in [0.5, 0.6) is 0 Å². The Morgan fingerprint density at radius 1 is 1.39 bits per heavy atom. The lowest BCUT2D eigenvalue weighted by Gasteiger charge is -1.93. The van der Waals surface area contributed by atoms with Crippen molar-refractivity contribution in [3.05, 3.63) is 35.2 Å². The van der Waals surface area contributed by atoms with Crippen LogP contribution in [0.3, 0.4) is 0 Å². The largest absolute Gasteiger partial charge is 0.481 e. The molecule has 0 saturated heterocycles. The molecular weight excluding hydrogens is 256 g/mol. The fraction of sp³-hybridized carbons (Fsp3) is 0.250. The molecule has 0 amide bonds. The van der Waals surface area contributed by atoms with E-state index in [9.17, 15) is 4.79 Å². The lowest BCUT2D eigenvalue weighted by molar-refractivity contribution is -0.138. The molecule has 18 heavy (non-hydrogen) atoms. The van der Waals surface area contributed by atoms with Crippen LogP contribution >= 0.6 is 11.6 Å². The fourth-order valence-electron chi connectivity index (χ4n) is 1.84. The number of carboxylic acids is 1. The van der Waals surface area contributed by atoms with Crippen LogP contribution in [-0.4, -0.2) is 21.2 Å². The molecule has 0 spiro atoms. The number of benzene rings is 1. The van der Waals surface area contributed by atoms with Gasteiger partial charge in [-0.1, -0.05) is 16.8 Å². The second-order valence-corrected chi connectivity index (χ2v) is 4.69. The quantitative estimate of drug-likeness (QED) is 0.922. The first-order valence-electron chi connectivity index (χ1n) is 5.47. The molecule has 6 heteroatoms. The summed E-state index contributed by atoms with van der Waals surface area (Å²) in [6, 6.07) is 7.06. The van der Waals surface area contributed by atoms with Crippen molar-refractivity contribution in [1.29, 1.82) is 0 Å². The zero-order chi connectivity index (χ0) is 12.7. The van der Waals surface area contributed by atoms with Crippen molar-refractivity contribution in [3.8, 4) is 11.4 Å². The van der Waals surface area contributed by atoms with E-state index in [1.54, 1.807) is 24.3 Å². The number of hydrogen-bond donors (Lipinski definition) is 1. The number of nitrogens with zero attached hydrogens (tertiary/aromatic N) is 2. The smallest absolute Gasteiger partial charge is 0.307 e. The Balaban J connectivity index is 1.82. The van der Waals surface area contributed by atoms with Crippen LogP contribution in [0.4, 0.5) is 0 Å². The van der Waals surface area contributed by atoms with E-state index in [2.05, 4.69) is 10.1 Å². The Bertz CT molecular complexity index is 594. The van der Waals surface area contributed by atoms with Crippen molar-refractivity contribution < 1.29 is 14.4 Å². The number of hydrogen-bond acceptors (Lipinski definition) is 4. The van der Waals surface area contributed by atoms with E-state index in [1.165, 1.54) is 0 Å². The maximum atomic E-state index is 10.8. The van der Waals surface area contributed by atoms with Crippen LogP contribution in [-0.2, 0) is 4.79 Å². The molecule has 92 valence electrons. The van der Waals surface area contributed by atoms with Gasteiger partial charge in [0.2, 0.25) is 11.7 Å². The minimum absolute atomic E-state index is 0.143. The van der Waals surface area contributed by atoms with Crippen molar-refractivity contribution in [2.75, 3.05) is 0 Å². The highest BCUT2D eigenvalue weighted by molar-refractivity contribution is 6.30. The first-order valence-corrected chi connectivity index (χ1v) is 5.85. The van der Waals surface area contributed by atoms with Gasteiger partial charge in [0.25, 0.3) is 0 Å². The minimum atomic E-state index is -0.814. The average molecular weight is 265 g/mol. The summed E-state index contributed by atoms with van der Waals surface area (Å²) >= 11 is 5.79. The van der Waals surface area contributed by atoms with Crippen LogP contribution in [0.15, 0.2) is 28.8 Å². The van der Waals surface area contributed by atoms with Crippen LogP contribution in [0.2, 0.25) is 5.02 Å². The molecule has 1 N–H and O–H groups in total. The summed E-state index contributed by atoms with van der Waals surface area (Å²) in [6.07, 6.45) is 0.567. The predicted molar refractivity (Wildman–Crippen MR) is 63.2 cm³/mol. The normalized spacial score (nSPS) is 21.8. The molecular formula is C12H9ClN2O3. The van der Waals surface area contributed by atoms with E-state index < -0.39 is 5.97 Å². The molecule has 3 rings (SSSR count). The molecule has 2 atom stereocenters. The monoisotopic (exact) mass is 264 g/mol. The van der Waals surface area contributed by atoms with E-state index in [1.807, 2.05) is 0 Å². The van der Waals surface area contributed by atoms with E-state index in [-0.39, 0.29) is 11.8 Å². The van der Waals surface area contributed by atoms with Gasteiger partial charge in [-0.05, 0) is 30.7 Å². The van der Waals surface area contributed by atoms with Gasteiger partial charge in [0.05, 0.1) is 11.8 Å². The van der Waals surface area contributed by atoms with Crippen molar-refractivity contribution >= 4 is 17.6 Å². The summed E-state index contributed by atoms with van der Waals surface area (Å²) in [5.74, 6) is -0.490. The van der Waals surface area contributed by atoms with Gasteiger partial charge >= 0.3 is 5.97 Å². The first-order chi connectivity index (χ1) is 8.65. The molecule has 1 saturated carbocycles. The Hall–Kier alpha value is -1.88. The van der Waals surface area contributed by atoms with Crippen molar-refractivity contribution in [3.63, 3.8) is 0 Å². The van der Waals surface area contributed by atoms with Gasteiger partial charge in [-0.2, -0.15) is 4.98 Å². The second-order valence-electron chi connectivity index (χ2n) is 4.25. The zero-order valence-corrected chi connectivity index (χ0v) is 9.96. The topological polar surface area (TPSA) is 76.2 Å². The third kappa shape index (κ3) is 1.97. The van der Waals surface area contributed by atoms with E-state index >= 15 is 0 Å². The lowest BCUT2D eigenvalue weighted by atomic mass is 10.2. The molecule has 1 fully saturated rings. The zero-order valence-electron chi connectivity index (χ0n) is 9.21. The first kappa shape index (κ1) is 11.2. The summed E-state index contributed by atoms with van der Waals surface area (Å²) in [5, 5.41) is 13.3. The summed E-state index contributed by atoms with van der Waals surface area (Å²) in [4.78, 5) is 15.0. The number of carbonyl (C=O) groups is 1. The highest BCUT2D eigenvalue weighted by atomic mass is 35.5. The van der Waals surface area contributed by atoms with Gasteiger partial charge in [-0.3, -0.25) is 4.79 Å². The SMILES string of the molecule is O=C(O)C1CC1c1nc(-c2ccc(Cl)cc2)no1. The van der Waals surface area contributed by atoms with Crippen molar-refractivity contribution in [2.24, 2.45) is 5.92 Å². The molecule has 1 aromatic carbocycles. The standard InChI is InChI=1S/C12H9ClN2O3/c13-7-3-1-6(2-4-7)10-14-11(18-15-10)8-5-9(8)12(16)17/h1-4,8-9H,5H2,(H,16,17).